The van der Waals surface area contributed by atoms with Crippen molar-refractivity contribution in [2.75, 3.05) is 5.73 Å². The molecule has 0 saturated heterocycles. The zero-order valence-electron chi connectivity index (χ0n) is 11.5. The molecule has 1 aromatic carbocycles. The summed E-state index contributed by atoms with van der Waals surface area (Å²) in [5.74, 6) is 1.37. The third-order valence-electron chi connectivity index (χ3n) is 3.47. The predicted molar refractivity (Wildman–Crippen MR) is 82.5 cm³/mol. The van der Waals surface area contributed by atoms with Crippen LogP contribution < -0.4 is 5.73 Å². The van der Waals surface area contributed by atoms with Gasteiger partial charge in [-0.2, -0.15) is 0 Å². The summed E-state index contributed by atoms with van der Waals surface area (Å²) >= 11 is 1.66. The molecule has 0 unspecified atom stereocenters. The van der Waals surface area contributed by atoms with Crippen LogP contribution in [0.4, 0.5) is 5.00 Å². The van der Waals surface area contributed by atoms with E-state index >= 15 is 0 Å². The topological polar surface area (TPSA) is 38.9 Å². The van der Waals surface area contributed by atoms with Gasteiger partial charge in [-0.3, -0.25) is 0 Å². The minimum absolute atomic E-state index is 0.682. The molecule has 2 aromatic rings. The van der Waals surface area contributed by atoms with Crippen LogP contribution in [0.2, 0.25) is 0 Å². The quantitative estimate of drug-likeness (QED) is 0.892. The van der Waals surface area contributed by atoms with E-state index in [1.165, 1.54) is 23.4 Å². The summed E-state index contributed by atoms with van der Waals surface area (Å²) in [5.41, 5.74) is 9.62. The first-order valence-corrected chi connectivity index (χ1v) is 7.80. The first-order chi connectivity index (χ1) is 9.13. The average molecular weight is 272 g/mol. The number of benzene rings is 1. The normalized spacial score (nSPS) is 15.1. The first kappa shape index (κ1) is 12.7. The van der Waals surface area contributed by atoms with Gasteiger partial charge in [0.2, 0.25) is 0 Å². The number of nitrogen functional groups attached to an aromatic ring is 1. The monoisotopic (exact) mass is 272 g/mol. The zero-order chi connectivity index (χ0) is 13.4. The first-order valence-electron chi connectivity index (χ1n) is 6.99. The molecule has 100 valence electrons. The highest BCUT2D eigenvalue weighted by Crippen LogP contribution is 2.45. The summed E-state index contributed by atoms with van der Waals surface area (Å²) < 4.78 is 0. The van der Waals surface area contributed by atoms with E-state index in [-0.39, 0.29) is 0 Å². The van der Waals surface area contributed by atoms with E-state index in [9.17, 15) is 0 Å². The molecule has 0 radical (unpaired) electrons. The van der Waals surface area contributed by atoms with Gasteiger partial charge in [-0.05, 0) is 30.7 Å². The number of aromatic nitrogens is 1. The van der Waals surface area contributed by atoms with Crippen LogP contribution in [0, 0.1) is 5.92 Å². The summed E-state index contributed by atoms with van der Waals surface area (Å²) in [5, 5.41) is 2.08. The van der Waals surface area contributed by atoms with Crippen LogP contribution in [0.3, 0.4) is 0 Å². The molecular weight excluding hydrogens is 252 g/mol. The number of thiazole rings is 1. The van der Waals surface area contributed by atoms with Crippen LogP contribution in [0.5, 0.6) is 0 Å². The number of hydrogen-bond acceptors (Lipinski definition) is 3. The molecule has 1 saturated carbocycles. The Bertz CT molecular complexity index is 565. The molecule has 2 N–H and O–H groups in total. The molecule has 0 spiro atoms. The number of hydrogen-bond donors (Lipinski definition) is 1. The van der Waals surface area contributed by atoms with Gasteiger partial charge in [-0.1, -0.05) is 38.1 Å². The van der Waals surface area contributed by atoms with Gasteiger partial charge in [0, 0.05) is 11.5 Å². The fourth-order valence-corrected chi connectivity index (χ4v) is 3.36. The summed E-state index contributed by atoms with van der Waals surface area (Å²) in [4.78, 5) is 4.73. The summed E-state index contributed by atoms with van der Waals surface area (Å²) in [7, 11) is 0. The van der Waals surface area contributed by atoms with E-state index in [0.29, 0.717) is 11.8 Å². The molecule has 1 aliphatic carbocycles. The molecule has 0 atom stereocenters. The highest BCUT2D eigenvalue weighted by molar-refractivity contribution is 7.16. The van der Waals surface area contributed by atoms with Crippen LogP contribution in [-0.4, -0.2) is 4.98 Å². The van der Waals surface area contributed by atoms with Crippen molar-refractivity contribution in [3.8, 4) is 11.3 Å². The molecule has 0 bridgehead atoms. The Morgan fingerprint density at radius 1 is 1.26 bits per heavy atom. The lowest BCUT2D eigenvalue weighted by atomic mass is 10.0. The van der Waals surface area contributed by atoms with Gasteiger partial charge < -0.3 is 5.73 Å². The van der Waals surface area contributed by atoms with Gasteiger partial charge in [0.25, 0.3) is 0 Å². The number of nitrogens with two attached hydrogens (primary N) is 1. The molecule has 1 fully saturated rings. The van der Waals surface area contributed by atoms with Crippen molar-refractivity contribution in [2.24, 2.45) is 5.92 Å². The van der Waals surface area contributed by atoms with Gasteiger partial charge in [0.05, 0.1) is 5.01 Å². The lowest BCUT2D eigenvalue weighted by Gasteiger charge is -2.05. The largest absolute Gasteiger partial charge is 0.389 e. The maximum atomic E-state index is 6.11. The molecule has 0 aliphatic heterocycles. The average Bonchev–Trinajstić information content (AvgIpc) is 3.14. The Morgan fingerprint density at radius 2 is 1.95 bits per heavy atom. The third-order valence-corrected chi connectivity index (χ3v) is 4.51. The van der Waals surface area contributed by atoms with E-state index in [1.807, 2.05) is 0 Å². The Labute approximate surface area is 118 Å². The summed E-state index contributed by atoms with van der Waals surface area (Å²) in [6.45, 7) is 4.49. The second-order valence-electron chi connectivity index (χ2n) is 5.83. The lowest BCUT2D eigenvalue weighted by molar-refractivity contribution is 0.647. The Morgan fingerprint density at radius 3 is 2.53 bits per heavy atom. The van der Waals surface area contributed by atoms with Crippen molar-refractivity contribution in [3.05, 3.63) is 34.8 Å². The zero-order valence-corrected chi connectivity index (χ0v) is 12.3. The Balaban J connectivity index is 1.85. The third kappa shape index (κ3) is 2.81. The van der Waals surface area contributed by atoms with Crippen LogP contribution in [0.1, 0.15) is 43.2 Å². The maximum Gasteiger partial charge on any atom is 0.114 e. The standard InChI is InChI=1S/C16H20N2S/c1-10(2)9-11-3-5-12(6-4-11)14-15(17)19-16(18-14)13-7-8-13/h3-6,10,13H,7-9,17H2,1-2H3. The van der Waals surface area contributed by atoms with E-state index < -0.39 is 0 Å². The molecule has 19 heavy (non-hydrogen) atoms. The van der Waals surface area contributed by atoms with Crippen LogP contribution in [0.15, 0.2) is 24.3 Å². The molecule has 1 heterocycles. The van der Waals surface area contributed by atoms with E-state index in [0.717, 1.165) is 22.7 Å². The van der Waals surface area contributed by atoms with E-state index in [1.54, 1.807) is 11.3 Å². The minimum atomic E-state index is 0.682. The van der Waals surface area contributed by atoms with Gasteiger partial charge >= 0.3 is 0 Å². The second-order valence-corrected chi connectivity index (χ2v) is 6.90. The number of anilines is 1. The molecule has 1 aromatic heterocycles. The molecule has 3 heteroatoms. The van der Waals surface area contributed by atoms with Crippen LogP contribution in [-0.2, 0) is 6.42 Å². The van der Waals surface area contributed by atoms with Gasteiger partial charge in [0.15, 0.2) is 0 Å². The van der Waals surface area contributed by atoms with Crippen molar-refractivity contribution in [3.63, 3.8) is 0 Å². The maximum absolute atomic E-state index is 6.11. The highest BCUT2D eigenvalue weighted by Gasteiger charge is 2.28. The Hall–Kier alpha value is -1.35. The van der Waals surface area contributed by atoms with Crippen LogP contribution in [0.25, 0.3) is 11.3 Å². The lowest BCUT2D eigenvalue weighted by Crippen LogP contribution is -1.94. The number of nitrogens with zero attached hydrogens (tertiary/aromatic N) is 1. The van der Waals surface area contributed by atoms with E-state index in [2.05, 4.69) is 38.1 Å². The second kappa shape index (κ2) is 4.97. The van der Waals surface area contributed by atoms with Crippen molar-refractivity contribution < 1.29 is 0 Å². The van der Waals surface area contributed by atoms with Crippen molar-refractivity contribution >= 4 is 16.3 Å². The molecular formula is C16H20N2S. The predicted octanol–water partition coefficient (Wildman–Crippen LogP) is 4.47. The molecule has 3 rings (SSSR count). The fraction of sp³-hybridized carbons (Fsp3) is 0.438. The van der Waals surface area contributed by atoms with Gasteiger partial charge in [0.1, 0.15) is 10.7 Å². The molecule has 0 amide bonds. The summed E-state index contributed by atoms with van der Waals surface area (Å²) in [6, 6.07) is 8.70. The SMILES string of the molecule is CC(C)Cc1ccc(-c2nc(C3CC3)sc2N)cc1. The Kier molecular flexibility index (Phi) is 3.31. The van der Waals surface area contributed by atoms with Crippen molar-refractivity contribution in [1.29, 1.82) is 0 Å². The van der Waals surface area contributed by atoms with Crippen molar-refractivity contribution in [2.45, 2.75) is 39.0 Å². The van der Waals surface area contributed by atoms with Crippen molar-refractivity contribution in [1.82, 2.24) is 4.98 Å². The summed E-state index contributed by atoms with van der Waals surface area (Å²) in [6.07, 6.45) is 3.68. The molecule has 2 nitrogen and oxygen atoms in total. The van der Waals surface area contributed by atoms with Crippen LogP contribution >= 0.6 is 11.3 Å². The fourth-order valence-electron chi connectivity index (χ4n) is 2.33. The van der Waals surface area contributed by atoms with E-state index in [4.69, 9.17) is 10.7 Å². The molecule has 1 aliphatic rings. The highest BCUT2D eigenvalue weighted by atomic mass is 32.1. The van der Waals surface area contributed by atoms with Gasteiger partial charge in [-0.15, -0.1) is 11.3 Å². The number of rotatable bonds is 4. The van der Waals surface area contributed by atoms with Gasteiger partial charge in [-0.25, -0.2) is 4.98 Å². The minimum Gasteiger partial charge on any atom is -0.389 e. The smallest absolute Gasteiger partial charge is 0.114 e.